The molecule has 2 fully saturated rings. The molecule has 0 radical (unpaired) electrons. The van der Waals surface area contributed by atoms with E-state index in [1.54, 1.807) is 0 Å². The summed E-state index contributed by atoms with van der Waals surface area (Å²) in [5, 5.41) is 0. The van der Waals surface area contributed by atoms with Gasteiger partial charge in [-0.1, -0.05) is 13.5 Å². The fraction of sp³-hybridized carbons (Fsp3) is 0.783. The number of ether oxygens (including phenoxy) is 5. The van der Waals surface area contributed by atoms with Gasteiger partial charge >= 0.3 is 17.9 Å². The number of nitrogens with zero attached hydrogens (tertiary/aromatic N) is 2. The fourth-order valence-corrected chi connectivity index (χ4v) is 3.47. The quantitative estimate of drug-likeness (QED) is 0.204. The van der Waals surface area contributed by atoms with Crippen LogP contribution in [0.3, 0.4) is 0 Å². The first-order valence-corrected chi connectivity index (χ1v) is 11.7. The lowest BCUT2D eigenvalue weighted by Gasteiger charge is -2.31. The molecule has 0 saturated carbocycles. The van der Waals surface area contributed by atoms with E-state index in [1.807, 2.05) is 6.92 Å². The standard InChI is InChI=1S/C23H38N2O8/c1-3-20(26)31-17-23(4-2,18-32-21(27)5-7-24-9-13-29-14-10-24)19-33-22(28)6-8-25-11-15-30-16-12-25/h3H,1,4-19H2,2H3. The number of hydrogen-bond acceptors (Lipinski definition) is 10. The molecule has 0 atom stereocenters. The molecule has 2 rings (SSSR count). The minimum atomic E-state index is -0.818. The van der Waals surface area contributed by atoms with Crippen LogP contribution in [0.25, 0.3) is 0 Å². The van der Waals surface area contributed by atoms with Gasteiger partial charge in [-0.05, 0) is 6.42 Å². The summed E-state index contributed by atoms with van der Waals surface area (Å²) in [6.45, 7) is 12.3. The highest BCUT2D eigenvalue weighted by atomic mass is 16.6. The van der Waals surface area contributed by atoms with E-state index in [2.05, 4.69) is 16.4 Å². The number of carbonyl (C=O) groups is 3. The van der Waals surface area contributed by atoms with Crippen LogP contribution < -0.4 is 0 Å². The fourth-order valence-electron chi connectivity index (χ4n) is 3.47. The molecule has 2 heterocycles. The van der Waals surface area contributed by atoms with Crippen molar-refractivity contribution in [3.05, 3.63) is 12.7 Å². The number of morpholine rings is 2. The Morgan fingerprint density at radius 1 is 0.818 bits per heavy atom. The van der Waals surface area contributed by atoms with Crippen LogP contribution >= 0.6 is 0 Å². The molecule has 0 aromatic carbocycles. The first-order valence-electron chi connectivity index (χ1n) is 11.7. The third-order valence-corrected chi connectivity index (χ3v) is 5.99. The van der Waals surface area contributed by atoms with Gasteiger partial charge in [-0.15, -0.1) is 0 Å². The Bertz CT molecular complexity index is 592. The second-order valence-corrected chi connectivity index (χ2v) is 8.39. The van der Waals surface area contributed by atoms with E-state index >= 15 is 0 Å². The van der Waals surface area contributed by atoms with Crippen molar-refractivity contribution in [2.24, 2.45) is 5.41 Å². The smallest absolute Gasteiger partial charge is 0.330 e. The van der Waals surface area contributed by atoms with Gasteiger partial charge in [-0.3, -0.25) is 19.4 Å². The van der Waals surface area contributed by atoms with Gasteiger partial charge < -0.3 is 23.7 Å². The Morgan fingerprint density at radius 2 is 1.24 bits per heavy atom. The van der Waals surface area contributed by atoms with Gasteiger partial charge in [0.2, 0.25) is 0 Å². The van der Waals surface area contributed by atoms with Gasteiger partial charge in [0.05, 0.1) is 44.7 Å². The van der Waals surface area contributed by atoms with E-state index < -0.39 is 11.4 Å². The van der Waals surface area contributed by atoms with Crippen molar-refractivity contribution in [1.29, 1.82) is 0 Å². The van der Waals surface area contributed by atoms with Gasteiger partial charge in [0.1, 0.15) is 19.8 Å². The predicted molar refractivity (Wildman–Crippen MR) is 120 cm³/mol. The van der Waals surface area contributed by atoms with Gasteiger partial charge in [0.15, 0.2) is 0 Å². The Labute approximate surface area is 196 Å². The maximum atomic E-state index is 12.3. The molecule has 2 saturated heterocycles. The van der Waals surface area contributed by atoms with Crippen LogP contribution in [0.1, 0.15) is 26.2 Å². The van der Waals surface area contributed by atoms with Crippen LogP contribution in [0, 0.1) is 5.41 Å². The molecule has 2 aliphatic rings. The van der Waals surface area contributed by atoms with Crippen molar-refractivity contribution in [1.82, 2.24) is 9.80 Å². The van der Waals surface area contributed by atoms with Crippen LogP contribution in [0.2, 0.25) is 0 Å². The molecule has 10 nitrogen and oxygen atoms in total. The lowest BCUT2D eigenvalue weighted by molar-refractivity contribution is -0.161. The summed E-state index contributed by atoms with van der Waals surface area (Å²) < 4.78 is 26.9. The van der Waals surface area contributed by atoms with Gasteiger partial charge in [-0.2, -0.15) is 0 Å². The van der Waals surface area contributed by atoms with Crippen LogP contribution in [-0.4, -0.2) is 113 Å². The maximum Gasteiger partial charge on any atom is 0.330 e. The second kappa shape index (κ2) is 15.0. The third-order valence-electron chi connectivity index (χ3n) is 5.99. The summed E-state index contributed by atoms with van der Waals surface area (Å²) in [6.07, 6.45) is 2.07. The number of rotatable bonds is 14. The van der Waals surface area contributed by atoms with E-state index in [-0.39, 0.29) is 44.6 Å². The molecule has 0 N–H and O–H groups in total. The molecule has 33 heavy (non-hydrogen) atoms. The van der Waals surface area contributed by atoms with Crippen molar-refractivity contribution in [3.8, 4) is 0 Å². The van der Waals surface area contributed by atoms with Crippen molar-refractivity contribution >= 4 is 17.9 Å². The summed E-state index contributed by atoms with van der Waals surface area (Å²) >= 11 is 0. The molecule has 0 aromatic heterocycles. The average molecular weight is 471 g/mol. The van der Waals surface area contributed by atoms with Gasteiger partial charge in [0.25, 0.3) is 0 Å². The third kappa shape index (κ3) is 10.6. The Balaban J connectivity index is 1.82. The van der Waals surface area contributed by atoms with E-state index in [0.717, 1.165) is 32.3 Å². The lowest BCUT2D eigenvalue weighted by Crippen LogP contribution is -2.40. The minimum Gasteiger partial charge on any atom is -0.465 e. The predicted octanol–water partition coefficient (Wildman–Crippen LogP) is 0.643. The Morgan fingerprint density at radius 3 is 1.64 bits per heavy atom. The zero-order valence-corrected chi connectivity index (χ0v) is 19.8. The van der Waals surface area contributed by atoms with E-state index in [0.29, 0.717) is 45.9 Å². The summed E-state index contributed by atoms with van der Waals surface area (Å²) in [7, 11) is 0. The van der Waals surface area contributed by atoms with E-state index in [1.165, 1.54) is 0 Å². The number of esters is 3. The van der Waals surface area contributed by atoms with Crippen LogP contribution in [-0.2, 0) is 38.1 Å². The Hall–Kier alpha value is -2.01. The van der Waals surface area contributed by atoms with Crippen LogP contribution in [0.15, 0.2) is 12.7 Å². The zero-order valence-electron chi connectivity index (χ0n) is 19.8. The minimum absolute atomic E-state index is 0.00733. The molecule has 188 valence electrons. The van der Waals surface area contributed by atoms with Crippen molar-refractivity contribution in [3.63, 3.8) is 0 Å². The second-order valence-electron chi connectivity index (χ2n) is 8.39. The molecule has 0 aliphatic carbocycles. The first kappa shape index (κ1) is 27.2. The topological polar surface area (TPSA) is 104 Å². The molecular formula is C23H38N2O8. The van der Waals surface area contributed by atoms with Crippen LogP contribution in [0.5, 0.6) is 0 Å². The lowest BCUT2D eigenvalue weighted by atomic mass is 9.88. The molecule has 0 amide bonds. The molecule has 0 aromatic rings. The molecule has 0 spiro atoms. The van der Waals surface area contributed by atoms with Crippen molar-refractivity contribution in [2.75, 3.05) is 85.5 Å². The summed E-state index contributed by atoms with van der Waals surface area (Å²) in [4.78, 5) is 40.6. The molecule has 0 bridgehead atoms. The van der Waals surface area contributed by atoms with Crippen LogP contribution in [0.4, 0.5) is 0 Å². The highest BCUT2D eigenvalue weighted by Crippen LogP contribution is 2.25. The number of hydrogen-bond donors (Lipinski definition) is 0. The molecule has 10 heteroatoms. The zero-order chi connectivity index (χ0) is 23.9. The first-order chi connectivity index (χ1) is 16.0. The highest BCUT2D eigenvalue weighted by molar-refractivity contribution is 5.81. The maximum absolute atomic E-state index is 12.3. The van der Waals surface area contributed by atoms with Gasteiger partial charge in [-0.25, -0.2) is 4.79 Å². The molecular weight excluding hydrogens is 432 g/mol. The highest BCUT2D eigenvalue weighted by Gasteiger charge is 2.34. The average Bonchev–Trinajstić information content (AvgIpc) is 2.87. The molecule has 0 unspecified atom stereocenters. The van der Waals surface area contributed by atoms with Gasteiger partial charge in [0, 0.05) is 45.3 Å². The number of carbonyl (C=O) groups excluding carboxylic acids is 3. The summed E-state index contributed by atoms with van der Waals surface area (Å²) in [6, 6.07) is 0. The monoisotopic (exact) mass is 470 g/mol. The SMILES string of the molecule is C=CC(=O)OCC(CC)(COC(=O)CCN1CCOCC1)COC(=O)CCN1CCOCC1. The van der Waals surface area contributed by atoms with E-state index in [9.17, 15) is 14.4 Å². The molecule has 2 aliphatic heterocycles. The Kier molecular flexibility index (Phi) is 12.4. The van der Waals surface area contributed by atoms with Crippen molar-refractivity contribution < 1.29 is 38.1 Å². The largest absolute Gasteiger partial charge is 0.465 e. The van der Waals surface area contributed by atoms with Crippen molar-refractivity contribution in [2.45, 2.75) is 26.2 Å². The normalized spacial score (nSPS) is 17.8. The van der Waals surface area contributed by atoms with E-state index in [4.69, 9.17) is 23.7 Å². The summed E-state index contributed by atoms with van der Waals surface area (Å²) in [5.41, 5.74) is -0.818. The summed E-state index contributed by atoms with van der Waals surface area (Å²) in [5.74, 6) is -1.26.